The standard InChI is InChI=1S/C13H15BrN4O/c1-2-16-12(19)7-18-13-9-5-8(14)3-4-11(9)17-6-10(13)15/h3-6H,2,7,15H2,1H3,(H,16,19)(H,17,18). The van der Waals surface area contributed by atoms with Gasteiger partial charge in [0.05, 0.1) is 29.6 Å². The molecule has 0 unspecified atom stereocenters. The van der Waals surface area contributed by atoms with Gasteiger partial charge in [0.25, 0.3) is 0 Å². The summed E-state index contributed by atoms with van der Waals surface area (Å²) >= 11 is 3.42. The van der Waals surface area contributed by atoms with Crippen LogP contribution in [0.4, 0.5) is 11.4 Å². The second-order valence-electron chi connectivity index (χ2n) is 4.06. The number of fused-ring (bicyclic) bond motifs is 1. The van der Waals surface area contributed by atoms with E-state index >= 15 is 0 Å². The average molecular weight is 323 g/mol. The number of amides is 1. The first-order valence-electron chi connectivity index (χ1n) is 5.96. The van der Waals surface area contributed by atoms with Crippen molar-refractivity contribution in [1.82, 2.24) is 10.3 Å². The molecule has 0 aliphatic heterocycles. The van der Waals surface area contributed by atoms with Gasteiger partial charge < -0.3 is 16.4 Å². The fourth-order valence-electron chi connectivity index (χ4n) is 1.81. The van der Waals surface area contributed by atoms with Crippen molar-refractivity contribution in [3.8, 4) is 0 Å². The highest BCUT2D eigenvalue weighted by molar-refractivity contribution is 9.10. The number of nitrogen functional groups attached to an aromatic ring is 1. The van der Waals surface area contributed by atoms with Crippen molar-refractivity contribution in [2.45, 2.75) is 6.92 Å². The SMILES string of the molecule is CCNC(=O)CNc1c(N)cnc2ccc(Br)cc12. The van der Waals surface area contributed by atoms with Gasteiger partial charge in [-0.1, -0.05) is 15.9 Å². The molecule has 0 spiro atoms. The second kappa shape index (κ2) is 5.88. The molecule has 1 aromatic carbocycles. The van der Waals surface area contributed by atoms with Crippen molar-refractivity contribution >= 4 is 44.1 Å². The average Bonchev–Trinajstić information content (AvgIpc) is 2.38. The quantitative estimate of drug-likeness (QED) is 0.805. The van der Waals surface area contributed by atoms with Gasteiger partial charge in [-0.05, 0) is 25.1 Å². The van der Waals surface area contributed by atoms with Gasteiger partial charge in [0.15, 0.2) is 0 Å². The molecule has 0 atom stereocenters. The molecule has 1 heterocycles. The van der Waals surface area contributed by atoms with Crippen LogP contribution in [0, 0.1) is 0 Å². The Balaban J connectivity index is 2.32. The van der Waals surface area contributed by atoms with Crippen LogP contribution in [0.3, 0.4) is 0 Å². The van der Waals surface area contributed by atoms with Gasteiger partial charge in [-0.25, -0.2) is 0 Å². The van der Waals surface area contributed by atoms with Crippen LogP contribution in [0.25, 0.3) is 10.9 Å². The zero-order chi connectivity index (χ0) is 13.8. The number of carbonyl (C=O) groups is 1. The smallest absolute Gasteiger partial charge is 0.239 e. The molecule has 0 bridgehead atoms. The number of rotatable bonds is 4. The lowest BCUT2D eigenvalue weighted by atomic mass is 10.1. The molecule has 19 heavy (non-hydrogen) atoms. The molecule has 6 heteroatoms. The molecule has 2 aromatic rings. The van der Waals surface area contributed by atoms with Crippen LogP contribution in [0.5, 0.6) is 0 Å². The highest BCUT2D eigenvalue weighted by atomic mass is 79.9. The van der Waals surface area contributed by atoms with E-state index in [-0.39, 0.29) is 12.5 Å². The molecule has 1 aromatic heterocycles. The number of aromatic nitrogens is 1. The number of anilines is 2. The Bertz CT molecular complexity index is 610. The Labute approximate surface area is 119 Å². The Kier molecular flexibility index (Phi) is 4.21. The molecule has 100 valence electrons. The van der Waals surface area contributed by atoms with Crippen molar-refractivity contribution < 1.29 is 4.79 Å². The summed E-state index contributed by atoms with van der Waals surface area (Å²) in [7, 11) is 0. The van der Waals surface area contributed by atoms with Gasteiger partial charge in [-0.15, -0.1) is 0 Å². The van der Waals surface area contributed by atoms with Gasteiger partial charge >= 0.3 is 0 Å². The van der Waals surface area contributed by atoms with E-state index in [4.69, 9.17) is 5.73 Å². The number of benzene rings is 1. The van der Waals surface area contributed by atoms with Crippen LogP contribution in [0.2, 0.25) is 0 Å². The minimum absolute atomic E-state index is 0.0677. The van der Waals surface area contributed by atoms with Gasteiger partial charge in [-0.2, -0.15) is 0 Å². The number of nitrogens with zero attached hydrogens (tertiary/aromatic N) is 1. The molecule has 5 nitrogen and oxygen atoms in total. The van der Waals surface area contributed by atoms with E-state index in [9.17, 15) is 4.79 Å². The number of halogens is 1. The van der Waals surface area contributed by atoms with Crippen LogP contribution in [0.15, 0.2) is 28.9 Å². The zero-order valence-electron chi connectivity index (χ0n) is 10.5. The first-order valence-corrected chi connectivity index (χ1v) is 6.75. The topological polar surface area (TPSA) is 80.0 Å². The predicted molar refractivity (Wildman–Crippen MR) is 81.0 cm³/mol. The minimum atomic E-state index is -0.0677. The van der Waals surface area contributed by atoms with E-state index in [0.717, 1.165) is 21.1 Å². The summed E-state index contributed by atoms with van der Waals surface area (Å²) in [5, 5.41) is 6.69. The summed E-state index contributed by atoms with van der Waals surface area (Å²) in [6.07, 6.45) is 1.59. The molecular weight excluding hydrogens is 308 g/mol. The maximum Gasteiger partial charge on any atom is 0.239 e. The Morgan fingerprint density at radius 3 is 3.00 bits per heavy atom. The van der Waals surface area contributed by atoms with Crippen LogP contribution in [-0.2, 0) is 4.79 Å². The lowest BCUT2D eigenvalue weighted by Crippen LogP contribution is -2.29. The fourth-order valence-corrected chi connectivity index (χ4v) is 2.17. The molecule has 0 fully saturated rings. The molecule has 2 rings (SSSR count). The molecule has 0 radical (unpaired) electrons. The molecule has 4 N–H and O–H groups in total. The Morgan fingerprint density at radius 1 is 1.47 bits per heavy atom. The zero-order valence-corrected chi connectivity index (χ0v) is 12.1. The van der Waals surface area contributed by atoms with Crippen LogP contribution >= 0.6 is 15.9 Å². The summed E-state index contributed by atoms with van der Waals surface area (Å²) in [4.78, 5) is 15.8. The maximum atomic E-state index is 11.5. The van der Waals surface area contributed by atoms with Gasteiger partial charge in [0, 0.05) is 16.4 Å². The van der Waals surface area contributed by atoms with Gasteiger partial charge in [-0.3, -0.25) is 9.78 Å². The summed E-state index contributed by atoms with van der Waals surface area (Å²) in [6.45, 7) is 2.67. The van der Waals surface area contributed by atoms with Crippen molar-refractivity contribution in [1.29, 1.82) is 0 Å². The molecule has 0 saturated carbocycles. The number of nitrogens with one attached hydrogen (secondary N) is 2. The molecule has 0 aliphatic rings. The third-order valence-electron chi connectivity index (χ3n) is 2.66. The molecular formula is C13H15BrN4O. The first kappa shape index (κ1) is 13.6. The number of hydrogen-bond donors (Lipinski definition) is 3. The van der Waals surface area contributed by atoms with Crippen molar-refractivity contribution in [3.05, 3.63) is 28.9 Å². The largest absolute Gasteiger partial charge is 0.396 e. The monoisotopic (exact) mass is 322 g/mol. The Hall–Kier alpha value is -1.82. The maximum absolute atomic E-state index is 11.5. The van der Waals surface area contributed by atoms with Crippen LogP contribution in [-0.4, -0.2) is 24.0 Å². The van der Waals surface area contributed by atoms with E-state index in [1.165, 1.54) is 0 Å². The normalized spacial score (nSPS) is 10.4. The number of likely N-dealkylation sites (N-methyl/N-ethyl adjacent to an activating group) is 1. The fraction of sp³-hybridized carbons (Fsp3) is 0.231. The number of carbonyl (C=O) groups excluding carboxylic acids is 1. The van der Waals surface area contributed by atoms with E-state index in [1.54, 1.807) is 6.20 Å². The highest BCUT2D eigenvalue weighted by Crippen LogP contribution is 2.29. The van der Waals surface area contributed by atoms with Crippen molar-refractivity contribution in [2.24, 2.45) is 0 Å². The summed E-state index contributed by atoms with van der Waals surface area (Å²) in [5.41, 5.74) is 8.01. The third-order valence-corrected chi connectivity index (χ3v) is 3.15. The van der Waals surface area contributed by atoms with Crippen LogP contribution in [0.1, 0.15) is 6.92 Å². The van der Waals surface area contributed by atoms with E-state index in [2.05, 4.69) is 31.5 Å². The summed E-state index contributed by atoms with van der Waals surface area (Å²) in [6, 6.07) is 5.74. The highest BCUT2D eigenvalue weighted by Gasteiger charge is 2.08. The summed E-state index contributed by atoms with van der Waals surface area (Å²) in [5.74, 6) is -0.0677. The lowest BCUT2D eigenvalue weighted by molar-refractivity contribution is -0.119. The molecule has 1 amide bonds. The van der Waals surface area contributed by atoms with Crippen LogP contribution < -0.4 is 16.4 Å². The van der Waals surface area contributed by atoms with Crippen molar-refractivity contribution in [3.63, 3.8) is 0 Å². The number of nitrogens with two attached hydrogens (primary N) is 1. The number of pyridine rings is 1. The number of hydrogen-bond acceptors (Lipinski definition) is 4. The molecule has 0 aliphatic carbocycles. The van der Waals surface area contributed by atoms with E-state index in [0.29, 0.717) is 12.2 Å². The predicted octanol–water partition coefficient (Wildman–Crippen LogP) is 2.13. The van der Waals surface area contributed by atoms with Gasteiger partial charge in [0.1, 0.15) is 0 Å². The summed E-state index contributed by atoms with van der Waals surface area (Å²) < 4.78 is 0.938. The molecule has 0 saturated heterocycles. The second-order valence-corrected chi connectivity index (χ2v) is 4.97. The van der Waals surface area contributed by atoms with E-state index < -0.39 is 0 Å². The lowest BCUT2D eigenvalue weighted by Gasteiger charge is -2.12. The van der Waals surface area contributed by atoms with Gasteiger partial charge in [0.2, 0.25) is 5.91 Å². The van der Waals surface area contributed by atoms with Crippen molar-refractivity contribution in [2.75, 3.05) is 24.1 Å². The first-order chi connectivity index (χ1) is 9.11. The third kappa shape index (κ3) is 3.14. The minimum Gasteiger partial charge on any atom is -0.396 e. The Morgan fingerprint density at radius 2 is 2.26 bits per heavy atom. The van der Waals surface area contributed by atoms with E-state index in [1.807, 2.05) is 25.1 Å².